The molecule has 0 amide bonds. The van der Waals surface area contributed by atoms with Gasteiger partial charge in [-0.1, -0.05) is 18.7 Å². The lowest BCUT2D eigenvalue weighted by Gasteiger charge is -2.09. The number of thioether (sulfide) groups is 1. The van der Waals surface area contributed by atoms with Gasteiger partial charge in [0.05, 0.1) is 6.61 Å². The van der Waals surface area contributed by atoms with Crippen LogP contribution in [0.2, 0.25) is 0 Å². The summed E-state index contributed by atoms with van der Waals surface area (Å²) in [5.74, 6) is -0.295. The maximum absolute atomic E-state index is 11.5. The van der Waals surface area contributed by atoms with Crippen molar-refractivity contribution in [2.45, 2.75) is 44.1 Å². The van der Waals surface area contributed by atoms with Gasteiger partial charge in [0.25, 0.3) is 0 Å². The van der Waals surface area contributed by atoms with Crippen molar-refractivity contribution in [2.75, 3.05) is 6.61 Å². The van der Waals surface area contributed by atoms with E-state index in [1.165, 1.54) is 16.3 Å². The van der Waals surface area contributed by atoms with Crippen molar-refractivity contribution < 1.29 is 9.53 Å². The van der Waals surface area contributed by atoms with E-state index in [1.54, 1.807) is 13.8 Å². The summed E-state index contributed by atoms with van der Waals surface area (Å²) in [5.41, 5.74) is -0.245. The summed E-state index contributed by atoms with van der Waals surface area (Å²) in [6, 6.07) is 0. The Bertz CT molecular complexity index is 427. The smallest absolute Gasteiger partial charge is 0.343 e. The largest absolute Gasteiger partial charge is 0.465 e. The highest BCUT2D eigenvalue weighted by molar-refractivity contribution is 8.00. The lowest BCUT2D eigenvalue weighted by molar-refractivity contribution is -0.142. The highest BCUT2D eigenvalue weighted by Gasteiger charge is 2.19. The Kier molecular flexibility index (Phi) is 5.27. The number of ether oxygens (including phenoxy) is 1. The van der Waals surface area contributed by atoms with Crippen molar-refractivity contribution in [1.29, 1.82) is 0 Å². The van der Waals surface area contributed by atoms with E-state index >= 15 is 0 Å². The fraction of sp³-hybridized carbons (Fsp3) is 0.700. The third-order valence-electron chi connectivity index (χ3n) is 2.07. The summed E-state index contributed by atoms with van der Waals surface area (Å²) in [5, 5.41) is 6.43. The molecule has 1 aromatic rings. The van der Waals surface area contributed by atoms with Crippen LogP contribution >= 0.6 is 11.8 Å². The van der Waals surface area contributed by atoms with Gasteiger partial charge in [-0.3, -0.25) is 9.36 Å². The van der Waals surface area contributed by atoms with Crippen molar-refractivity contribution >= 4 is 17.7 Å². The third-order valence-corrected chi connectivity index (χ3v) is 3.14. The Morgan fingerprint density at radius 3 is 2.88 bits per heavy atom. The summed E-state index contributed by atoms with van der Waals surface area (Å²) in [6.45, 7) is 6.41. The van der Waals surface area contributed by atoms with Gasteiger partial charge >= 0.3 is 11.7 Å². The molecule has 6 nitrogen and oxygen atoms in total. The van der Waals surface area contributed by atoms with Crippen molar-refractivity contribution in [3.8, 4) is 0 Å². The predicted molar refractivity (Wildman–Crippen MR) is 65.1 cm³/mol. The Balaban J connectivity index is 2.74. The Hall–Kier alpha value is -1.24. The molecule has 1 heterocycles. The number of hydrogen-bond acceptors (Lipinski definition) is 5. The van der Waals surface area contributed by atoms with Gasteiger partial charge < -0.3 is 4.74 Å². The van der Waals surface area contributed by atoms with Crippen LogP contribution in [-0.4, -0.2) is 32.6 Å². The van der Waals surface area contributed by atoms with E-state index in [2.05, 4.69) is 10.2 Å². The summed E-state index contributed by atoms with van der Waals surface area (Å²) in [4.78, 5) is 22.9. The molecule has 1 N–H and O–H groups in total. The molecule has 1 aromatic heterocycles. The van der Waals surface area contributed by atoms with Gasteiger partial charge in [-0.2, -0.15) is 0 Å². The molecule has 96 valence electrons. The molecule has 0 bridgehead atoms. The molecule has 0 aliphatic rings. The van der Waals surface area contributed by atoms with E-state index in [-0.39, 0.29) is 16.9 Å². The molecule has 0 spiro atoms. The molecule has 0 radical (unpaired) electrons. The highest BCUT2D eigenvalue weighted by Crippen LogP contribution is 2.20. The average Bonchev–Trinajstić information content (AvgIpc) is 2.62. The first-order chi connectivity index (χ1) is 8.10. The van der Waals surface area contributed by atoms with Crippen molar-refractivity contribution in [3.05, 3.63) is 10.5 Å². The Morgan fingerprint density at radius 1 is 1.59 bits per heavy atom. The Labute approximate surface area is 104 Å². The molecule has 1 atom stereocenters. The average molecular weight is 259 g/mol. The zero-order chi connectivity index (χ0) is 12.8. The SMILES string of the molecule is CCCn1c(SC(C)C(=O)OCC)n[nH]c1=O. The molecular weight excluding hydrogens is 242 g/mol. The number of nitrogens with one attached hydrogen (secondary N) is 1. The first-order valence-corrected chi connectivity index (χ1v) is 6.46. The minimum absolute atomic E-state index is 0.245. The van der Waals surface area contributed by atoms with Gasteiger partial charge in [0.2, 0.25) is 0 Å². The van der Waals surface area contributed by atoms with Gasteiger partial charge in [-0.15, -0.1) is 5.10 Å². The van der Waals surface area contributed by atoms with Crippen LogP contribution < -0.4 is 5.69 Å². The lowest BCUT2D eigenvalue weighted by Crippen LogP contribution is -2.20. The fourth-order valence-electron chi connectivity index (χ4n) is 1.28. The monoisotopic (exact) mass is 259 g/mol. The standard InChI is InChI=1S/C10H17N3O3S/c1-4-6-13-9(15)11-12-10(13)17-7(3)8(14)16-5-2/h7H,4-6H2,1-3H3,(H,11,15). The van der Waals surface area contributed by atoms with E-state index in [1.807, 2.05) is 6.92 Å². The van der Waals surface area contributed by atoms with Crippen LogP contribution in [0, 0.1) is 0 Å². The molecule has 0 aliphatic carbocycles. The van der Waals surface area contributed by atoms with Crippen LogP contribution in [-0.2, 0) is 16.1 Å². The zero-order valence-corrected chi connectivity index (χ0v) is 11.0. The van der Waals surface area contributed by atoms with Crippen molar-refractivity contribution in [1.82, 2.24) is 14.8 Å². The molecular formula is C10H17N3O3S. The number of aromatic nitrogens is 3. The molecule has 1 unspecified atom stereocenters. The molecule has 0 aliphatic heterocycles. The maximum Gasteiger partial charge on any atom is 0.343 e. The number of nitrogens with zero attached hydrogens (tertiary/aromatic N) is 2. The van der Waals surface area contributed by atoms with E-state index in [9.17, 15) is 9.59 Å². The maximum atomic E-state index is 11.5. The number of esters is 1. The minimum Gasteiger partial charge on any atom is -0.465 e. The van der Waals surface area contributed by atoms with E-state index in [0.717, 1.165) is 6.42 Å². The summed E-state index contributed by atoms with van der Waals surface area (Å²) >= 11 is 1.23. The van der Waals surface area contributed by atoms with Crippen LogP contribution in [0.25, 0.3) is 0 Å². The third kappa shape index (κ3) is 3.62. The van der Waals surface area contributed by atoms with Crippen LogP contribution in [0.5, 0.6) is 0 Å². The van der Waals surface area contributed by atoms with E-state index in [4.69, 9.17) is 4.74 Å². The zero-order valence-electron chi connectivity index (χ0n) is 10.2. The molecule has 0 saturated carbocycles. The first-order valence-electron chi connectivity index (χ1n) is 5.58. The molecule has 7 heteroatoms. The van der Waals surface area contributed by atoms with Gasteiger partial charge in [-0.25, -0.2) is 9.89 Å². The molecule has 0 saturated heterocycles. The van der Waals surface area contributed by atoms with Crippen LogP contribution in [0.3, 0.4) is 0 Å². The van der Waals surface area contributed by atoms with E-state index in [0.29, 0.717) is 18.3 Å². The Morgan fingerprint density at radius 2 is 2.29 bits per heavy atom. The highest BCUT2D eigenvalue weighted by atomic mass is 32.2. The van der Waals surface area contributed by atoms with Crippen molar-refractivity contribution in [3.63, 3.8) is 0 Å². The second-order valence-corrected chi connectivity index (χ2v) is 4.78. The molecule has 0 aromatic carbocycles. The van der Waals surface area contributed by atoms with Gasteiger partial charge in [0.1, 0.15) is 5.25 Å². The van der Waals surface area contributed by atoms with Crippen LogP contribution in [0.15, 0.2) is 9.95 Å². The first kappa shape index (κ1) is 13.8. The summed E-state index contributed by atoms with van der Waals surface area (Å²) < 4.78 is 6.43. The van der Waals surface area contributed by atoms with E-state index < -0.39 is 0 Å². The normalized spacial score (nSPS) is 12.4. The van der Waals surface area contributed by atoms with Gasteiger partial charge in [0, 0.05) is 6.54 Å². The second kappa shape index (κ2) is 6.48. The minimum atomic E-state index is -0.374. The van der Waals surface area contributed by atoms with Gasteiger partial charge in [-0.05, 0) is 20.3 Å². The van der Waals surface area contributed by atoms with Crippen molar-refractivity contribution in [2.24, 2.45) is 0 Å². The predicted octanol–water partition coefficient (Wildman–Crippen LogP) is 1.03. The number of carbonyl (C=O) groups excluding carboxylic acids is 1. The summed E-state index contributed by atoms with van der Waals surface area (Å²) in [6.07, 6.45) is 0.834. The number of rotatable bonds is 6. The molecule has 1 rings (SSSR count). The number of hydrogen-bond donors (Lipinski definition) is 1. The molecule has 17 heavy (non-hydrogen) atoms. The van der Waals surface area contributed by atoms with Gasteiger partial charge in [0.15, 0.2) is 5.16 Å². The fourth-order valence-corrected chi connectivity index (χ4v) is 2.16. The second-order valence-electron chi connectivity index (χ2n) is 3.48. The van der Waals surface area contributed by atoms with Crippen LogP contribution in [0.4, 0.5) is 0 Å². The number of carbonyl (C=O) groups is 1. The number of H-pyrrole nitrogens is 1. The topological polar surface area (TPSA) is 77.0 Å². The number of aromatic amines is 1. The quantitative estimate of drug-likeness (QED) is 0.610. The summed E-state index contributed by atoms with van der Waals surface area (Å²) in [7, 11) is 0. The molecule has 0 fully saturated rings. The lowest BCUT2D eigenvalue weighted by atomic mass is 10.5. The van der Waals surface area contributed by atoms with Crippen LogP contribution in [0.1, 0.15) is 27.2 Å².